The van der Waals surface area contributed by atoms with Crippen LogP contribution >= 0.6 is 23.2 Å². The monoisotopic (exact) mass is 490 g/mol. The Morgan fingerprint density at radius 1 is 0.970 bits per heavy atom. The van der Waals surface area contributed by atoms with Crippen LogP contribution in [-0.2, 0) is 28.0 Å². The van der Waals surface area contributed by atoms with Crippen molar-refractivity contribution in [2.45, 2.75) is 72.4 Å². The van der Waals surface area contributed by atoms with Crippen molar-refractivity contribution in [3.63, 3.8) is 0 Å². The molecular formula is C27H36Cl2N2O2. The molecule has 2 aromatic rings. The quantitative estimate of drug-likeness (QED) is 0.441. The summed E-state index contributed by atoms with van der Waals surface area (Å²) in [6, 6.07) is 13.0. The lowest BCUT2D eigenvalue weighted by Crippen LogP contribution is -2.48. The largest absolute Gasteiger partial charge is 0.354 e. The molecule has 0 bridgehead atoms. The maximum atomic E-state index is 13.3. The van der Waals surface area contributed by atoms with Crippen LogP contribution in [0.15, 0.2) is 42.5 Å². The molecule has 0 aliphatic rings. The average molecular weight is 492 g/mol. The Morgan fingerprint density at radius 3 is 2.06 bits per heavy atom. The van der Waals surface area contributed by atoms with Gasteiger partial charge in [0.15, 0.2) is 0 Å². The molecule has 0 heterocycles. The molecule has 0 saturated heterocycles. The molecule has 0 aliphatic heterocycles. The number of hydrogen-bond donors (Lipinski definition) is 1. The molecule has 0 radical (unpaired) electrons. The van der Waals surface area contributed by atoms with Crippen molar-refractivity contribution < 1.29 is 9.59 Å². The van der Waals surface area contributed by atoms with Gasteiger partial charge in [0.2, 0.25) is 11.8 Å². The second-order valence-corrected chi connectivity index (χ2v) is 10.8. The molecule has 33 heavy (non-hydrogen) atoms. The van der Waals surface area contributed by atoms with E-state index in [-0.39, 0.29) is 23.8 Å². The smallest absolute Gasteiger partial charge is 0.242 e. The summed E-state index contributed by atoms with van der Waals surface area (Å²) in [5.41, 5.74) is 3.07. The van der Waals surface area contributed by atoms with Crippen molar-refractivity contribution in [1.82, 2.24) is 10.2 Å². The third kappa shape index (κ3) is 8.04. The molecule has 0 aliphatic carbocycles. The lowest BCUT2D eigenvalue weighted by molar-refractivity contribution is -0.140. The number of carbonyl (C=O) groups is 2. The number of carbonyl (C=O) groups excluding carboxylic acids is 2. The van der Waals surface area contributed by atoms with Gasteiger partial charge >= 0.3 is 0 Å². The number of aryl methyl sites for hydroxylation is 1. The van der Waals surface area contributed by atoms with Crippen molar-refractivity contribution >= 4 is 35.0 Å². The molecule has 2 rings (SSSR count). The SMILES string of the molecule is CC(C)CNC(=O)[C@H](C)N(Cc1c(Cl)cccc1Cl)C(=O)CCc1ccc(C(C)(C)C)cc1. The molecule has 0 unspecified atom stereocenters. The highest BCUT2D eigenvalue weighted by Gasteiger charge is 2.27. The van der Waals surface area contributed by atoms with Crippen molar-refractivity contribution in [2.75, 3.05) is 6.54 Å². The molecule has 180 valence electrons. The second kappa shape index (κ2) is 11.9. The summed E-state index contributed by atoms with van der Waals surface area (Å²) < 4.78 is 0. The molecule has 0 saturated carbocycles. The lowest BCUT2D eigenvalue weighted by atomic mass is 9.86. The topological polar surface area (TPSA) is 49.4 Å². The van der Waals surface area contributed by atoms with Crippen LogP contribution in [0.2, 0.25) is 10.0 Å². The highest BCUT2D eigenvalue weighted by atomic mass is 35.5. The fourth-order valence-electron chi connectivity index (χ4n) is 3.46. The Bertz CT molecular complexity index is 929. The molecule has 0 spiro atoms. The van der Waals surface area contributed by atoms with Crippen LogP contribution in [-0.4, -0.2) is 29.3 Å². The van der Waals surface area contributed by atoms with Gasteiger partial charge in [0.25, 0.3) is 0 Å². The van der Waals surface area contributed by atoms with Gasteiger partial charge < -0.3 is 10.2 Å². The first-order valence-electron chi connectivity index (χ1n) is 11.5. The van der Waals surface area contributed by atoms with E-state index < -0.39 is 6.04 Å². The van der Waals surface area contributed by atoms with Gasteiger partial charge in [-0.1, -0.05) is 88.2 Å². The Labute approximate surface area is 208 Å². The Morgan fingerprint density at radius 2 is 1.55 bits per heavy atom. The summed E-state index contributed by atoms with van der Waals surface area (Å²) >= 11 is 12.7. The van der Waals surface area contributed by atoms with Gasteiger partial charge in [-0.2, -0.15) is 0 Å². The number of amides is 2. The fraction of sp³-hybridized carbons (Fsp3) is 0.481. The molecule has 1 N–H and O–H groups in total. The summed E-state index contributed by atoms with van der Waals surface area (Å²) in [4.78, 5) is 27.7. The summed E-state index contributed by atoms with van der Waals surface area (Å²) in [5.74, 6) is 0.0206. The van der Waals surface area contributed by atoms with Crippen molar-refractivity contribution in [3.05, 3.63) is 69.2 Å². The number of rotatable bonds is 9. The zero-order chi connectivity index (χ0) is 24.8. The van der Waals surface area contributed by atoms with Crippen LogP contribution in [0.1, 0.15) is 64.7 Å². The van der Waals surface area contributed by atoms with Crippen LogP contribution in [0, 0.1) is 5.92 Å². The summed E-state index contributed by atoms with van der Waals surface area (Å²) in [6.07, 6.45) is 0.884. The molecular weight excluding hydrogens is 455 g/mol. The number of halogens is 2. The third-order valence-electron chi connectivity index (χ3n) is 5.69. The van der Waals surface area contributed by atoms with Crippen molar-refractivity contribution in [3.8, 4) is 0 Å². The number of nitrogens with one attached hydrogen (secondary N) is 1. The van der Waals surface area contributed by atoms with Crippen LogP contribution < -0.4 is 5.32 Å². The normalized spacial score (nSPS) is 12.5. The first-order chi connectivity index (χ1) is 15.4. The maximum absolute atomic E-state index is 13.3. The van der Waals surface area contributed by atoms with E-state index in [1.807, 2.05) is 13.8 Å². The molecule has 0 aromatic heterocycles. The van der Waals surface area contributed by atoms with Gasteiger partial charge in [-0.05, 0) is 47.9 Å². The molecule has 1 atom stereocenters. The standard InChI is InChI=1S/C27H36Cl2N2O2/c1-18(2)16-30-26(33)19(3)31(17-22-23(28)8-7-9-24(22)29)25(32)15-12-20-10-13-21(14-11-20)27(4,5)6/h7-11,13-14,18-19H,12,15-17H2,1-6H3,(H,30,33)/t19-/m0/s1. The molecule has 6 heteroatoms. The van der Waals surface area contributed by atoms with E-state index in [9.17, 15) is 9.59 Å². The van der Waals surface area contributed by atoms with Gasteiger partial charge in [0, 0.05) is 35.1 Å². The minimum Gasteiger partial charge on any atom is -0.354 e. The minimum absolute atomic E-state index is 0.0815. The van der Waals surface area contributed by atoms with E-state index in [2.05, 4.69) is 50.4 Å². The van der Waals surface area contributed by atoms with E-state index >= 15 is 0 Å². The number of hydrogen-bond acceptors (Lipinski definition) is 2. The van der Waals surface area contributed by atoms with Crippen LogP contribution in [0.25, 0.3) is 0 Å². The van der Waals surface area contributed by atoms with E-state index in [1.165, 1.54) is 5.56 Å². The Kier molecular flexibility index (Phi) is 9.81. The van der Waals surface area contributed by atoms with Gasteiger partial charge in [-0.15, -0.1) is 0 Å². The van der Waals surface area contributed by atoms with Crippen LogP contribution in [0.4, 0.5) is 0 Å². The van der Waals surface area contributed by atoms with Gasteiger partial charge in [0.05, 0.1) is 0 Å². The van der Waals surface area contributed by atoms with Crippen LogP contribution in [0.3, 0.4) is 0 Å². The highest BCUT2D eigenvalue weighted by molar-refractivity contribution is 6.36. The Hall–Kier alpha value is -2.04. The minimum atomic E-state index is -0.646. The van der Waals surface area contributed by atoms with E-state index in [0.29, 0.717) is 40.9 Å². The summed E-state index contributed by atoms with van der Waals surface area (Å²) in [5, 5.41) is 3.89. The summed E-state index contributed by atoms with van der Waals surface area (Å²) in [6.45, 7) is 13.1. The van der Waals surface area contributed by atoms with E-state index in [4.69, 9.17) is 23.2 Å². The van der Waals surface area contributed by atoms with Gasteiger partial charge in [0.1, 0.15) is 6.04 Å². The van der Waals surface area contributed by atoms with E-state index in [1.54, 1.807) is 30.0 Å². The van der Waals surface area contributed by atoms with E-state index in [0.717, 1.165) is 5.56 Å². The first-order valence-corrected chi connectivity index (χ1v) is 12.2. The zero-order valence-electron chi connectivity index (χ0n) is 20.5. The van der Waals surface area contributed by atoms with Gasteiger partial charge in [-0.25, -0.2) is 0 Å². The fourth-order valence-corrected chi connectivity index (χ4v) is 3.97. The maximum Gasteiger partial charge on any atom is 0.242 e. The lowest BCUT2D eigenvalue weighted by Gasteiger charge is -2.30. The highest BCUT2D eigenvalue weighted by Crippen LogP contribution is 2.27. The molecule has 4 nitrogen and oxygen atoms in total. The molecule has 2 amide bonds. The van der Waals surface area contributed by atoms with Gasteiger partial charge in [-0.3, -0.25) is 9.59 Å². The predicted octanol–water partition coefficient (Wildman–Crippen LogP) is 6.41. The molecule has 0 fully saturated rings. The van der Waals surface area contributed by atoms with Crippen molar-refractivity contribution in [2.24, 2.45) is 5.92 Å². The third-order valence-corrected chi connectivity index (χ3v) is 6.40. The zero-order valence-corrected chi connectivity index (χ0v) is 22.1. The number of nitrogens with zero attached hydrogens (tertiary/aromatic N) is 1. The summed E-state index contributed by atoms with van der Waals surface area (Å²) in [7, 11) is 0. The predicted molar refractivity (Wildman–Crippen MR) is 138 cm³/mol. The van der Waals surface area contributed by atoms with Crippen LogP contribution in [0.5, 0.6) is 0 Å². The first kappa shape index (κ1) is 27.2. The molecule has 2 aromatic carbocycles. The second-order valence-electron chi connectivity index (χ2n) is 9.98. The number of benzene rings is 2. The van der Waals surface area contributed by atoms with Crippen molar-refractivity contribution in [1.29, 1.82) is 0 Å². The Balaban J connectivity index is 2.19. The average Bonchev–Trinajstić information content (AvgIpc) is 2.75.